The van der Waals surface area contributed by atoms with Crippen LogP contribution in [-0.4, -0.2) is 33.3 Å². The second-order valence-electron chi connectivity index (χ2n) is 7.47. The van der Waals surface area contributed by atoms with Crippen molar-refractivity contribution in [1.29, 1.82) is 0 Å². The molecule has 0 radical (unpaired) electrons. The number of fused-ring (bicyclic) bond motifs is 1. The third-order valence-electron chi connectivity index (χ3n) is 4.82. The third-order valence-corrected chi connectivity index (χ3v) is 4.82. The number of amides is 1. The van der Waals surface area contributed by atoms with Gasteiger partial charge in [0, 0.05) is 35.8 Å². The summed E-state index contributed by atoms with van der Waals surface area (Å²) < 4.78 is 7.64. The molecule has 1 amide bonds. The van der Waals surface area contributed by atoms with Gasteiger partial charge in [0.25, 0.3) is 5.91 Å². The van der Waals surface area contributed by atoms with Crippen LogP contribution in [-0.2, 0) is 0 Å². The highest BCUT2D eigenvalue weighted by Crippen LogP contribution is 2.33. The first-order valence-corrected chi connectivity index (χ1v) is 9.53. The van der Waals surface area contributed by atoms with Gasteiger partial charge in [-0.1, -0.05) is 6.07 Å². The van der Waals surface area contributed by atoms with E-state index in [-0.39, 0.29) is 18.1 Å². The quantitative estimate of drug-likeness (QED) is 0.682. The number of nitrogens with zero attached hydrogens (tertiary/aromatic N) is 4. The molecule has 0 N–H and O–H groups in total. The van der Waals surface area contributed by atoms with Crippen LogP contribution in [0.25, 0.3) is 11.1 Å². The Hall–Kier alpha value is -3.15. The molecule has 3 heterocycles. The summed E-state index contributed by atoms with van der Waals surface area (Å²) in [7, 11) is 0. The second-order valence-corrected chi connectivity index (χ2v) is 7.47. The fourth-order valence-electron chi connectivity index (χ4n) is 3.61. The molecule has 6 heteroatoms. The van der Waals surface area contributed by atoms with E-state index >= 15 is 0 Å². The Labute approximate surface area is 164 Å². The molecule has 28 heavy (non-hydrogen) atoms. The number of benzene rings is 1. The maximum atomic E-state index is 13.4. The van der Waals surface area contributed by atoms with Gasteiger partial charge in [-0.05, 0) is 57.5 Å². The number of anilines is 1. The van der Waals surface area contributed by atoms with Gasteiger partial charge in [-0.3, -0.25) is 14.5 Å². The van der Waals surface area contributed by atoms with Crippen LogP contribution in [0.4, 0.5) is 5.69 Å². The highest BCUT2D eigenvalue weighted by molar-refractivity contribution is 6.09. The minimum atomic E-state index is -0.0539. The first-order chi connectivity index (χ1) is 13.4. The monoisotopic (exact) mass is 376 g/mol. The molecular formula is C22H24N4O2. The Morgan fingerprint density at radius 3 is 2.79 bits per heavy atom. The molecule has 6 nitrogen and oxygen atoms in total. The molecule has 1 atom stereocenters. The molecule has 1 aliphatic heterocycles. The predicted molar refractivity (Wildman–Crippen MR) is 109 cm³/mol. The lowest BCUT2D eigenvalue weighted by Gasteiger charge is -2.32. The van der Waals surface area contributed by atoms with Crippen LogP contribution in [0.15, 0.2) is 48.8 Å². The van der Waals surface area contributed by atoms with E-state index in [0.717, 1.165) is 28.3 Å². The zero-order valence-corrected chi connectivity index (χ0v) is 16.6. The number of hydrogen-bond donors (Lipinski definition) is 0. The molecule has 0 spiro atoms. The van der Waals surface area contributed by atoms with Crippen LogP contribution in [0, 0.1) is 6.92 Å². The summed E-state index contributed by atoms with van der Waals surface area (Å²) in [6.45, 7) is 8.56. The second kappa shape index (κ2) is 7.11. The van der Waals surface area contributed by atoms with E-state index in [1.54, 1.807) is 12.4 Å². The third kappa shape index (κ3) is 3.26. The number of hydrogen-bond acceptors (Lipinski definition) is 4. The van der Waals surface area contributed by atoms with Crippen LogP contribution in [0.1, 0.15) is 43.0 Å². The minimum Gasteiger partial charge on any atom is -0.491 e. The van der Waals surface area contributed by atoms with Crippen LogP contribution in [0.5, 0.6) is 5.75 Å². The number of carbonyl (C=O) groups is 1. The lowest BCUT2D eigenvalue weighted by molar-refractivity contribution is 0.0954. The number of aryl methyl sites for hydroxylation is 1. The van der Waals surface area contributed by atoms with Gasteiger partial charge in [0.1, 0.15) is 11.4 Å². The lowest BCUT2D eigenvalue weighted by Crippen LogP contribution is -2.42. The van der Waals surface area contributed by atoms with Crippen LogP contribution >= 0.6 is 0 Å². The SMILES string of the molecule is Cc1cc(-c2cnn3c2C(=O)N(c2cccc(OC(C)C)c2)C[C@@H]3C)ccn1. The van der Waals surface area contributed by atoms with Gasteiger partial charge < -0.3 is 9.64 Å². The summed E-state index contributed by atoms with van der Waals surface area (Å²) in [6.07, 6.45) is 3.62. The van der Waals surface area contributed by atoms with Gasteiger partial charge in [0.05, 0.1) is 18.3 Å². The van der Waals surface area contributed by atoms with Crippen molar-refractivity contribution in [3.63, 3.8) is 0 Å². The maximum absolute atomic E-state index is 13.4. The van der Waals surface area contributed by atoms with E-state index < -0.39 is 0 Å². The summed E-state index contributed by atoms with van der Waals surface area (Å²) in [5.41, 5.74) is 4.14. The molecule has 0 aliphatic carbocycles. The van der Waals surface area contributed by atoms with Crippen molar-refractivity contribution in [3.05, 3.63) is 60.2 Å². The molecule has 0 unspecified atom stereocenters. The smallest absolute Gasteiger partial charge is 0.277 e. The Balaban J connectivity index is 1.75. The number of pyridine rings is 1. The average Bonchev–Trinajstić information content (AvgIpc) is 3.10. The Morgan fingerprint density at radius 1 is 1.21 bits per heavy atom. The normalized spacial score (nSPS) is 16.4. The van der Waals surface area contributed by atoms with Crippen molar-refractivity contribution in [3.8, 4) is 16.9 Å². The molecular weight excluding hydrogens is 352 g/mol. The standard InChI is InChI=1S/C22H24N4O2/c1-14(2)28-19-7-5-6-18(11-19)25-13-16(4)26-21(22(25)27)20(12-24-26)17-8-9-23-15(3)10-17/h5-12,14,16H,13H2,1-4H3/t16-/m0/s1. The van der Waals surface area contributed by atoms with E-state index in [1.165, 1.54) is 0 Å². The van der Waals surface area contributed by atoms with Gasteiger partial charge >= 0.3 is 0 Å². The van der Waals surface area contributed by atoms with Crippen molar-refractivity contribution in [2.24, 2.45) is 0 Å². The van der Waals surface area contributed by atoms with Crippen molar-refractivity contribution in [2.75, 3.05) is 11.4 Å². The van der Waals surface area contributed by atoms with E-state index in [0.29, 0.717) is 12.2 Å². The highest BCUT2D eigenvalue weighted by Gasteiger charge is 2.33. The first-order valence-electron chi connectivity index (χ1n) is 9.53. The van der Waals surface area contributed by atoms with Gasteiger partial charge in [-0.15, -0.1) is 0 Å². The average molecular weight is 376 g/mol. The summed E-state index contributed by atoms with van der Waals surface area (Å²) in [5.74, 6) is 0.707. The summed E-state index contributed by atoms with van der Waals surface area (Å²) in [4.78, 5) is 19.5. The summed E-state index contributed by atoms with van der Waals surface area (Å²) in [5, 5.41) is 4.50. The van der Waals surface area contributed by atoms with Crippen LogP contribution < -0.4 is 9.64 Å². The number of rotatable bonds is 4. The van der Waals surface area contributed by atoms with Gasteiger partial charge in [-0.2, -0.15) is 5.10 Å². The van der Waals surface area contributed by atoms with Crippen molar-refractivity contribution < 1.29 is 9.53 Å². The largest absolute Gasteiger partial charge is 0.491 e. The molecule has 1 aliphatic rings. The van der Waals surface area contributed by atoms with Crippen LogP contribution in [0.2, 0.25) is 0 Å². The molecule has 0 bridgehead atoms. The summed E-state index contributed by atoms with van der Waals surface area (Å²) >= 11 is 0. The molecule has 1 aromatic carbocycles. The molecule has 3 aromatic rings. The first kappa shape index (κ1) is 18.2. The summed E-state index contributed by atoms with van der Waals surface area (Å²) in [6, 6.07) is 11.7. The van der Waals surface area contributed by atoms with E-state index in [9.17, 15) is 4.79 Å². The van der Waals surface area contributed by atoms with E-state index in [1.807, 2.05) is 66.8 Å². The Morgan fingerprint density at radius 2 is 2.04 bits per heavy atom. The Bertz CT molecular complexity index is 1020. The fourth-order valence-corrected chi connectivity index (χ4v) is 3.61. The molecule has 2 aromatic heterocycles. The highest BCUT2D eigenvalue weighted by atomic mass is 16.5. The van der Waals surface area contributed by atoms with Crippen molar-refractivity contribution in [2.45, 2.75) is 39.8 Å². The van der Waals surface area contributed by atoms with E-state index in [4.69, 9.17) is 4.74 Å². The maximum Gasteiger partial charge on any atom is 0.277 e. The Kier molecular flexibility index (Phi) is 4.63. The predicted octanol–water partition coefficient (Wildman–Crippen LogP) is 4.26. The number of carbonyl (C=O) groups excluding carboxylic acids is 1. The molecule has 4 rings (SSSR count). The topological polar surface area (TPSA) is 60.2 Å². The number of ether oxygens (including phenoxy) is 1. The van der Waals surface area contributed by atoms with Crippen molar-refractivity contribution in [1.82, 2.24) is 14.8 Å². The van der Waals surface area contributed by atoms with Gasteiger partial charge in [0.2, 0.25) is 0 Å². The fraction of sp³-hybridized carbons (Fsp3) is 0.318. The molecule has 0 saturated carbocycles. The lowest BCUT2D eigenvalue weighted by atomic mass is 10.0. The zero-order chi connectivity index (χ0) is 19.8. The number of aromatic nitrogens is 3. The molecule has 144 valence electrons. The van der Waals surface area contributed by atoms with Gasteiger partial charge in [0.15, 0.2) is 0 Å². The zero-order valence-electron chi connectivity index (χ0n) is 16.6. The molecule has 0 saturated heterocycles. The van der Waals surface area contributed by atoms with Crippen molar-refractivity contribution >= 4 is 11.6 Å². The minimum absolute atomic E-state index is 0.0539. The van der Waals surface area contributed by atoms with Gasteiger partial charge in [-0.25, -0.2) is 0 Å². The van der Waals surface area contributed by atoms with Crippen LogP contribution in [0.3, 0.4) is 0 Å². The van der Waals surface area contributed by atoms with E-state index in [2.05, 4.69) is 17.0 Å². The molecule has 0 fully saturated rings.